The van der Waals surface area contributed by atoms with E-state index in [2.05, 4.69) is 15.0 Å². The number of hydrogen-bond donors (Lipinski definition) is 1. The maximum atomic E-state index is 13.2. The normalized spacial score (nSPS) is 11.1. The lowest BCUT2D eigenvalue weighted by Crippen LogP contribution is -2.42. The maximum Gasteiger partial charge on any atom is 0.336 e. The molecule has 8 nitrogen and oxygen atoms in total. The highest BCUT2D eigenvalue weighted by molar-refractivity contribution is 7.93. The number of nitrogens with two attached hydrogens (primary N) is 1. The molecular formula is C17H15N5O3S. The monoisotopic (exact) mass is 369 g/mol. The number of primary amides is 1. The van der Waals surface area contributed by atoms with Gasteiger partial charge in [-0.25, -0.2) is 23.2 Å². The molecule has 0 aliphatic carbocycles. The minimum atomic E-state index is -4.36. The van der Waals surface area contributed by atoms with Crippen LogP contribution in [0.15, 0.2) is 65.8 Å². The smallest absolute Gasteiger partial charge is 0.336 e. The summed E-state index contributed by atoms with van der Waals surface area (Å²) in [6, 6.07) is 11.7. The van der Waals surface area contributed by atoms with Crippen LogP contribution in [0.4, 0.5) is 10.7 Å². The summed E-state index contributed by atoms with van der Waals surface area (Å²) in [6.07, 6.45) is 2.90. The van der Waals surface area contributed by atoms with Gasteiger partial charge in [-0.1, -0.05) is 24.3 Å². The van der Waals surface area contributed by atoms with Crippen LogP contribution >= 0.6 is 0 Å². The molecule has 0 bridgehead atoms. The van der Waals surface area contributed by atoms with Crippen LogP contribution in [-0.4, -0.2) is 29.4 Å². The topological polar surface area (TPSA) is 119 Å². The number of rotatable bonds is 4. The van der Waals surface area contributed by atoms with E-state index in [0.29, 0.717) is 21.3 Å². The van der Waals surface area contributed by atoms with E-state index in [9.17, 15) is 13.2 Å². The Morgan fingerprint density at radius 2 is 1.73 bits per heavy atom. The highest BCUT2D eigenvalue weighted by atomic mass is 32.2. The van der Waals surface area contributed by atoms with Crippen LogP contribution in [0.3, 0.4) is 0 Å². The van der Waals surface area contributed by atoms with E-state index in [-0.39, 0.29) is 10.8 Å². The Kier molecular flexibility index (Phi) is 4.63. The van der Waals surface area contributed by atoms with Crippen molar-refractivity contribution in [3.63, 3.8) is 0 Å². The third-order valence-electron chi connectivity index (χ3n) is 3.51. The van der Waals surface area contributed by atoms with Gasteiger partial charge >= 0.3 is 6.03 Å². The number of urea groups is 1. The number of nitrogens with zero attached hydrogens (tertiary/aromatic N) is 4. The molecule has 0 atom stereocenters. The van der Waals surface area contributed by atoms with Gasteiger partial charge in [0.2, 0.25) is 5.95 Å². The minimum absolute atomic E-state index is 0.123. The Morgan fingerprint density at radius 3 is 2.38 bits per heavy atom. The van der Waals surface area contributed by atoms with Crippen LogP contribution in [0.1, 0.15) is 5.69 Å². The summed E-state index contributed by atoms with van der Waals surface area (Å²) in [4.78, 5) is 23.9. The Morgan fingerprint density at radius 1 is 1.00 bits per heavy atom. The van der Waals surface area contributed by atoms with Gasteiger partial charge in [-0.3, -0.25) is 4.98 Å². The number of aromatic nitrogens is 3. The van der Waals surface area contributed by atoms with E-state index in [4.69, 9.17) is 5.73 Å². The first-order chi connectivity index (χ1) is 12.4. The number of amides is 2. The van der Waals surface area contributed by atoms with Crippen molar-refractivity contribution in [3.05, 3.63) is 66.6 Å². The van der Waals surface area contributed by atoms with Crippen molar-refractivity contribution in [2.45, 2.75) is 11.8 Å². The van der Waals surface area contributed by atoms with E-state index in [1.807, 2.05) is 0 Å². The molecule has 2 amide bonds. The van der Waals surface area contributed by atoms with Crippen molar-refractivity contribution in [3.8, 4) is 11.3 Å². The van der Waals surface area contributed by atoms with Gasteiger partial charge in [-0.15, -0.1) is 4.31 Å². The molecule has 0 saturated carbocycles. The second kappa shape index (κ2) is 6.89. The third kappa shape index (κ3) is 3.24. The lowest BCUT2D eigenvalue weighted by atomic mass is 10.1. The Balaban J connectivity index is 2.20. The SMILES string of the molecule is Cc1ccnc(N(C(N)=O)S(=O)(=O)c2ccccc2-c2ccccn2)n1. The number of aryl methyl sites for hydroxylation is 1. The zero-order valence-electron chi connectivity index (χ0n) is 13.8. The van der Waals surface area contributed by atoms with E-state index < -0.39 is 16.1 Å². The summed E-state index contributed by atoms with van der Waals surface area (Å²) < 4.78 is 26.8. The number of benzene rings is 1. The van der Waals surface area contributed by atoms with Crippen LogP contribution in [0.25, 0.3) is 11.3 Å². The van der Waals surface area contributed by atoms with E-state index in [1.165, 1.54) is 12.3 Å². The lowest BCUT2D eigenvalue weighted by molar-refractivity contribution is 0.256. The summed E-state index contributed by atoms with van der Waals surface area (Å²) in [5.41, 5.74) is 6.62. The molecule has 0 saturated heterocycles. The lowest BCUT2D eigenvalue weighted by Gasteiger charge is -2.20. The molecule has 1 aromatic carbocycles. The first kappa shape index (κ1) is 17.5. The highest BCUT2D eigenvalue weighted by Gasteiger charge is 2.33. The number of carbonyl (C=O) groups is 1. The first-order valence-electron chi connectivity index (χ1n) is 7.56. The summed E-state index contributed by atoms with van der Waals surface area (Å²) in [6.45, 7) is 1.65. The second-order valence-electron chi connectivity index (χ2n) is 5.32. The van der Waals surface area contributed by atoms with Crippen molar-refractivity contribution in [1.82, 2.24) is 15.0 Å². The average Bonchev–Trinajstić information content (AvgIpc) is 2.62. The zero-order chi connectivity index (χ0) is 18.7. The second-order valence-corrected chi connectivity index (χ2v) is 7.07. The molecule has 0 fully saturated rings. The van der Waals surface area contributed by atoms with Gasteiger partial charge in [0.25, 0.3) is 10.0 Å². The molecule has 3 rings (SSSR count). The number of hydrogen-bond acceptors (Lipinski definition) is 6. The number of carbonyl (C=O) groups excluding carboxylic acids is 1. The summed E-state index contributed by atoms with van der Waals surface area (Å²) in [5.74, 6) is -0.312. The van der Waals surface area contributed by atoms with Gasteiger partial charge in [0.1, 0.15) is 0 Å². The Hall–Kier alpha value is -3.33. The Labute approximate surface area is 150 Å². The summed E-state index contributed by atoms with van der Waals surface area (Å²) in [7, 11) is -4.36. The Bertz CT molecular complexity index is 1050. The molecule has 2 aromatic heterocycles. The molecule has 2 heterocycles. The number of anilines is 1. The van der Waals surface area contributed by atoms with Crippen LogP contribution in [0, 0.1) is 6.92 Å². The molecular weight excluding hydrogens is 354 g/mol. The average molecular weight is 369 g/mol. The molecule has 2 N–H and O–H groups in total. The molecule has 132 valence electrons. The van der Waals surface area contributed by atoms with Crippen molar-refractivity contribution in [2.24, 2.45) is 5.73 Å². The van der Waals surface area contributed by atoms with E-state index in [0.717, 1.165) is 0 Å². The van der Waals surface area contributed by atoms with Crippen LogP contribution in [-0.2, 0) is 10.0 Å². The van der Waals surface area contributed by atoms with Gasteiger partial charge < -0.3 is 5.73 Å². The van der Waals surface area contributed by atoms with Gasteiger partial charge in [0, 0.05) is 23.7 Å². The first-order valence-corrected chi connectivity index (χ1v) is 9.00. The summed E-state index contributed by atoms with van der Waals surface area (Å²) >= 11 is 0. The minimum Gasteiger partial charge on any atom is -0.350 e. The molecule has 0 unspecified atom stereocenters. The maximum absolute atomic E-state index is 13.2. The van der Waals surface area contributed by atoms with Gasteiger partial charge in [-0.05, 0) is 31.2 Å². The summed E-state index contributed by atoms with van der Waals surface area (Å²) in [5, 5.41) is 0. The molecule has 0 spiro atoms. The molecule has 3 aromatic rings. The fraction of sp³-hybridized carbons (Fsp3) is 0.0588. The number of sulfonamides is 1. The van der Waals surface area contributed by atoms with Crippen LogP contribution in [0.2, 0.25) is 0 Å². The van der Waals surface area contributed by atoms with Crippen LogP contribution in [0.5, 0.6) is 0 Å². The fourth-order valence-electron chi connectivity index (χ4n) is 2.38. The van der Waals surface area contributed by atoms with Crippen LogP contribution < -0.4 is 10.0 Å². The zero-order valence-corrected chi connectivity index (χ0v) is 14.6. The van der Waals surface area contributed by atoms with Crippen molar-refractivity contribution < 1.29 is 13.2 Å². The van der Waals surface area contributed by atoms with E-state index >= 15 is 0 Å². The largest absolute Gasteiger partial charge is 0.350 e. The molecule has 9 heteroatoms. The molecule has 0 aliphatic heterocycles. The molecule has 0 aliphatic rings. The number of pyridine rings is 1. The third-order valence-corrected chi connectivity index (χ3v) is 5.25. The highest BCUT2D eigenvalue weighted by Crippen LogP contribution is 2.29. The van der Waals surface area contributed by atoms with Gasteiger partial charge in [0.05, 0.1) is 10.6 Å². The predicted molar refractivity (Wildman–Crippen MR) is 95.7 cm³/mol. The molecule has 0 radical (unpaired) electrons. The quantitative estimate of drug-likeness (QED) is 0.752. The molecule has 26 heavy (non-hydrogen) atoms. The van der Waals surface area contributed by atoms with E-state index in [1.54, 1.807) is 55.6 Å². The van der Waals surface area contributed by atoms with Crippen molar-refractivity contribution >= 4 is 22.0 Å². The van der Waals surface area contributed by atoms with Crippen molar-refractivity contribution in [1.29, 1.82) is 0 Å². The van der Waals surface area contributed by atoms with Gasteiger partial charge in [-0.2, -0.15) is 0 Å². The van der Waals surface area contributed by atoms with Crippen molar-refractivity contribution in [2.75, 3.05) is 4.31 Å². The predicted octanol–water partition coefficient (Wildman–Crippen LogP) is 2.12. The fourth-order valence-corrected chi connectivity index (χ4v) is 3.82. The standard InChI is InChI=1S/C17H15N5O3S/c1-12-9-11-20-17(21-12)22(16(18)23)26(24,25)15-8-3-2-6-13(15)14-7-4-5-10-19-14/h2-11H,1H3,(H2,18,23). The van der Waals surface area contributed by atoms with Gasteiger partial charge in [0.15, 0.2) is 0 Å².